The highest BCUT2D eigenvalue weighted by molar-refractivity contribution is 7.80. The minimum atomic E-state index is -0.391. The molecule has 0 unspecified atom stereocenters. The van der Waals surface area contributed by atoms with Crippen LogP contribution in [0.25, 0.3) is 16.7 Å². The molecule has 0 atom stereocenters. The first-order valence-electron chi connectivity index (χ1n) is 9.33. The fourth-order valence-electron chi connectivity index (χ4n) is 2.98. The molecule has 0 aliphatic carbocycles. The zero-order valence-corrected chi connectivity index (χ0v) is 18.3. The van der Waals surface area contributed by atoms with Crippen LogP contribution in [0.2, 0.25) is 5.02 Å². The van der Waals surface area contributed by atoms with Gasteiger partial charge < -0.3 is 10.1 Å². The summed E-state index contributed by atoms with van der Waals surface area (Å²) in [5, 5.41) is 15.1. The third-order valence-corrected chi connectivity index (χ3v) is 5.08. The maximum Gasteiger partial charge on any atom is 0.261 e. The summed E-state index contributed by atoms with van der Waals surface area (Å²) in [6.07, 6.45) is 0. The Morgan fingerprint density at radius 2 is 1.74 bits per heavy atom. The van der Waals surface area contributed by atoms with Gasteiger partial charge in [-0.1, -0.05) is 41.4 Å². The number of halogens is 1. The summed E-state index contributed by atoms with van der Waals surface area (Å²) in [5.74, 6) is 0.0624. The highest BCUT2D eigenvalue weighted by Gasteiger charge is 2.15. The van der Waals surface area contributed by atoms with E-state index >= 15 is 0 Å². The second kappa shape index (κ2) is 8.71. The van der Waals surface area contributed by atoms with Gasteiger partial charge in [0.1, 0.15) is 16.8 Å². The van der Waals surface area contributed by atoms with Gasteiger partial charge in [0.05, 0.1) is 29.1 Å². The minimum Gasteiger partial charge on any atom is -0.496 e. The van der Waals surface area contributed by atoms with Crippen LogP contribution >= 0.6 is 23.8 Å². The Balaban J connectivity index is 1.53. The molecule has 3 aromatic carbocycles. The highest BCUT2D eigenvalue weighted by atomic mass is 35.5. The molecule has 9 heteroatoms. The van der Waals surface area contributed by atoms with Gasteiger partial charge in [-0.2, -0.15) is 4.80 Å². The standard InChI is InChI=1S/C22H18ClN5O2S/c1-13-7-9-14(10-8-13)28-26-18-11-16(23)17(12-19(18)27-28)24-22(31)25-21(29)15-5-3-4-6-20(15)30-2/h3-12H,1-2H3,(H2,24,25,29,31). The van der Waals surface area contributed by atoms with Crippen molar-refractivity contribution < 1.29 is 9.53 Å². The minimum absolute atomic E-state index is 0.100. The van der Waals surface area contributed by atoms with Gasteiger partial charge in [-0.05, 0) is 55.5 Å². The zero-order valence-electron chi connectivity index (χ0n) is 16.7. The van der Waals surface area contributed by atoms with Crippen LogP contribution in [0, 0.1) is 6.92 Å². The van der Waals surface area contributed by atoms with Crippen molar-refractivity contribution in [2.24, 2.45) is 0 Å². The average Bonchev–Trinajstić information content (AvgIpc) is 3.17. The fourth-order valence-corrected chi connectivity index (χ4v) is 3.39. The quantitative estimate of drug-likeness (QED) is 0.444. The summed E-state index contributed by atoms with van der Waals surface area (Å²) in [5.41, 5.74) is 4.14. The first-order chi connectivity index (χ1) is 14.9. The van der Waals surface area contributed by atoms with Gasteiger partial charge in [0.2, 0.25) is 0 Å². The molecule has 0 radical (unpaired) electrons. The van der Waals surface area contributed by atoms with Crippen LogP contribution in [-0.4, -0.2) is 33.1 Å². The maximum atomic E-state index is 12.5. The number of ether oxygens (including phenoxy) is 1. The Bertz CT molecular complexity index is 1290. The molecule has 4 rings (SSSR count). The van der Waals surface area contributed by atoms with Gasteiger partial charge >= 0.3 is 0 Å². The largest absolute Gasteiger partial charge is 0.496 e. The Morgan fingerprint density at radius 1 is 1.06 bits per heavy atom. The van der Waals surface area contributed by atoms with Crippen LogP contribution in [-0.2, 0) is 0 Å². The molecular weight excluding hydrogens is 434 g/mol. The predicted molar refractivity (Wildman–Crippen MR) is 125 cm³/mol. The molecule has 0 aliphatic heterocycles. The van der Waals surface area contributed by atoms with Crippen LogP contribution < -0.4 is 15.4 Å². The summed E-state index contributed by atoms with van der Waals surface area (Å²) in [4.78, 5) is 14.1. The molecule has 0 saturated heterocycles. The van der Waals surface area contributed by atoms with Crippen LogP contribution in [0.3, 0.4) is 0 Å². The normalized spacial score (nSPS) is 10.7. The fraction of sp³-hybridized carbons (Fsp3) is 0.0909. The number of benzene rings is 3. The molecule has 0 fully saturated rings. The van der Waals surface area contributed by atoms with E-state index in [0.29, 0.717) is 33.1 Å². The molecule has 7 nitrogen and oxygen atoms in total. The zero-order chi connectivity index (χ0) is 22.0. The number of hydrogen-bond donors (Lipinski definition) is 2. The summed E-state index contributed by atoms with van der Waals surface area (Å²) < 4.78 is 5.22. The molecule has 0 saturated carbocycles. The molecule has 1 amide bonds. The number of fused-ring (bicyclic) bond motifs is 1. The van der Waals surface area contributed by atoms with Crippen molar-refractivity contribution in [2.75, 3.05) is 12.4 Å². The SMILES string of the molecule is COc1ccccc1C(=O)NC(=S)Nc1cc2nn(-c3ccc(C)cc3)nc2cc1Cl. The molecule has 1 heterocycles. The first kappa shape index (κ1) is 20.8. The third kappa shape index (κ3) is 4.50. The number of nitrogens with zero attached hydrogens (tertiary/aromatic N) is 3. The molecule has 2 N–H and O–H groups in total. The number of nitrogens with one attached hydrogen (secondary N) is 2. The van der Waals surface area contributed by atoms with Gasteiger partial charge in [-0.25, -0.2) is 0 Å². The lowest BCUT2D eigenvalue weighted by Crippen LogP contribution is -2.34. The van der Waals surface area contributed by atoms with E-state index in [4.69, 9.17) is 28.6 Å². The molecule has 0 spiro atoms. The van der Waals surface area contributed by atoms with Crippen LogP contribution in [0.15, 0.2) is 60.7 Å². The molecule has 0 bridgehead atoms. The Labute approximate surface area is 189 Å². The van der Waals surface area contributed by atoms with Gasteiger partial charge in [0.15, 0.2) is 5.11 Å². The Kier molecular flexibility index (Phi) is 5.83. The van der Waals surface area contributed by atoms with Crippen molar-refractivity contribution in [1.82, 2.24) is 20.3 Å². The number of para-hydroxylation sites is 1. The lowest BCUT2D eigenvalue weighted by molar-refractivity contribution is 0.0975. The van der Waals surface area contributed by atoms with Crippen molar-refractivity contribution in [1.29, 1.82) is 0 Å². The highest BCUT2D eigenvalue weighted by Crippen LogP contribution is 2.27. The van der Waals surface area contributed by atoms with E-state index in [1.165, 1.54) is 7.11 Å². The topological polar surface area (TPSA) is 81.1 Å². The summed E-state index contributed by atoms with van der Waals surface area (Å²) in [6.45, 7) is 2.02. The number of carbonyl (C=O) groups is 1. The Hall–Kier alpha value is -3.49. The third-order valence-electron chi connectivity index (χ3n) is 4.56. The van der Waals surface area contributed by atoms with Crippen molar-refractivity contribution in [3.63, 3.8) is 0 Å². The van der Waals surface area contributed by atoms with E-state index < -0.39 is 5.91 Å². The van der Waals surface area contributed by atoms with Crippen molar-refractivity contribution in [2.45, 2.75) is 6.92 Å². The molecular formula is C22H18ClN5O2S. The van der Waals surface area contributed by atoms with E-state index in [1.54, 1.807) is 41.2 Å². The summed E-state index contributed by atoms with van der Waals surface area (Å²) in [6, 6.07) is 18.2. The molecule has 0 aliphatic rings. The summed E-state index contributed by atoms with van der Waals surface area (Å²) >= 11 is 11.7. The maximum absolute atomic E-state index is 12.5. The number of thiocarbonyl (C=S) groups is 1. The predicted octanol–water partition coefficient (Wildman–Crippen LogP) is 4.52. The van der Waals surface area contributed by atoms with E-state index in [2.05, 4.69) is 20.8 Å². The molecule has 4 aromatic rings. The average molecular weight is 452 g/mol. The smallest absolute Gasteiger partial charge is 0.261 e. The monoisotopic (exact) mass is 451 g/mol. The molecule has 156 valence electrons. The molecule has 31 heavy (non-hydrogen) atoms. The lowest BCUT2D eigenvalue weighted by Gasteiger charge is -2.12. The second-order valence-corrected chi connectivity index (χ2v) is 7.57. The number of aromatic nitrogens is 3. The van der Waals surface area contributed by atoms with Gasteiger partial charge in [-0.15, -0.1) is 10.2 Å². The van der Waals surface area contributed by atoms with Crippen molar-refractivity contribution >= 4 is 51.6 Å². The number of hydrogen-bond acceptors (Lipinski definition) is 5. The Morgan fingerprint density at radius 3 is 2.45 bits per heavy atom. The van der Waals surface area contributed by atoms with Gasteiger partial charge in [-0.3, -0.25) is 10.1 Å². The number of carbonyl (C=O) groups excluding carboxylic acids is 1. The first-order valence-corrected chi connectivity index (χ1v) is 10.1. The number of amides is 1. The summed E-state index contributed by atoms with van der Waals surface area (Å²) in [7, 11) is 1.50. The van der Waals surface area contributed by atoms with Gasteiger partial charge in [0.25, 0.3) is 5.91 Å². The van der Waals surface area contributed by atoms with E-state index in [9.17, 15) is 4.79 Å². The van der Waals surface area contributed by atoms with E-state index in [1.807, 2.05) is 31.2 Å². The second-order valence-electron chi connectivity index (χ2n) is 6.75. The number of anilines is 1. The number of aryl methyl sites for hydroxylation is 1. The number of methoxy groups -OCH3 is 1. The van der Waals surface area contributed by atoms with E-state index in [-0.39, 0.29) is 5.11 Å². The van der Waals surface area contributed by atoms with Crippen molar-refractivity contribution in [3.8, 4) is 11.4 Å². The molecule has 1 aromatic heterocycles. The van der Waals surface area contributed by atoms with Crippen LogP contribution in [0.1, 0.15) is 15.9 Å². The van der Waals surface area contributed by atoms with Crippen LogP contribution in [0.5, 0.6) is 5.75 Å². The number of rotatable bonds is 4. The van der Waals surface area contributed by atoms with Gasteiger partial charge in [0, 0.05) is 0 Å². The van der Waals surface area contributed by atoms with E-state index in [0.717, 1.165) is 11.3 Å². The van der Waals surface area contributed by atoms with Crippen LogP contribution in [0.4, 0.5) is 5.69 Å². The lowest BCUT2D eigenvalue weighted by atomic mass is 10.2. The van der Waals surface area contributed by atoms with Crippen molar-refractivity contribution in [3.05, 3.63) is 76.8 Å².